The second-order valence-corrected chi connectivity index (χ2v) is 4.77. The van der Waals surface area contributed by atoms with Crippen LogP contribution in [0.5, 0.6) is 0 Å². The lowest BCUT2D eigenvalue weighted by Crippen LogP contribution is -2.04. The van der Waals surface area contributed by atoms with Crippen molar-refractivity contribution in [2.45, 2.75) is 6.54 Å². The third kappa shape index (κ3) is 1.65. The van der Waals surface area contributed by atoms with Gasteiger partial charge in [-0.1, -0.05) is 23.8 Å². The Balaban J connectivity index is 1.96. The molecule has 0 spiro atoms. The fraction of sp³-hybridized carbons (Fsp3) is 0.364. The molecule has 2 atom stereocenters. The zero-order valence-electron chi connectivity index (χ0n) is 9.54. The molecule has 0 aromatic carbocycles. The van der Waals surface area contributed by atoms with E-state index in [1.165, 1.54) is 0 Å². The molecule has 94 valence electrons. The topological polar surface area (TPSA) is 89.8 Å². The molecule has 18 heavy (non-hydrogen) atoms. The van der Waals surface area contributed by atoms with Crippen LogP contribution in [-0.4, -0.2) is 31.2 Å². The SMILES string of the molecule is C=C1[C@H](CO)[C@H]1Cn1cnc2c(Cl)nc(N)nc21. The predicted molar refractivity (Wildman–Crippen MR) is 68.0 cm³/mol. The van der Waals surface area contributed by atoms with E-state index in [9.17, 15) is 0 Å². The maximum absolute atomic E-state index is 9.12. The molecule has 1 aliphatic rings. The Morgan fingerprint density at radius 3 is 2.89 bits per heavy atom. The maximum Gasteiger partial charge on any atom is 0.223 e. The van der Waals surface area contributed by atoms with Crippen molar-refractivity contribution in [1.82, 2.24) is 19.5 Å². The summed E-state index contributed by atoms with van der Waals surface area (Å²) in [4.78, 5) is 12.2. The third-order valence-corrected chi connectivity index (χ3v) is 3.62. The summed E-state index contributed by atoms with van der Waals surface area (Å²) in [7, 11) is 0. The van der Waals surface area contributed by atoms with E-state index in [-0.39, 0.29) is 29.5 Å². The quantitative estimate of drug-likeness (QED) is 0.634. The van der Waals surface area contributed by atoms with Crippen LogP contribution in [-0.2, 0) is 6.54 Å². The van der Waals surface area contributed by atoms with Crippen molar-refractivity contribution in [3.63, 3.8) is 0 Å². The summed E-state index contributed by atoms with van der Waals surface area (Å²) < 4.78 is 1.87. The Morgan fingerprint density at radius 1 is 1.44 bits per heavy atom. The van der Waals surface area contributed by atoms with Gasteiger partial charge in [-0.15, -0.1) is 0 Å². The van der Waals surface area contributed by atoms with E-state index in [4.69, 9.17) is 22.4 Å². The van der Waals surface area contributed by atoms with Gasteiger partial charge in [0, 0.05) is 18.4 Å². The van der Waals surface area contributed by atoms with E-state index in [1.807, 2.05) is 4.57 Å². The van der Waals surface area contributed by atoms with E-state index in [1.54, 1.807) is 6.33 Å². The molecule has 3 rings (SSSR count). The lowest BCUT2D eigenvalue weighted by molar-refractivity contribution is 0.269. The molecule has 2 aromatic heterocycles. The lowest BCUT2D eigenvalue weighted by Gasteiger charge is -2.02. The molecule has 0 bridgehead atoms. The van der Waals surface area contributed by atoms with Gasteiger partial charge in [-0.05, 0) is 0 Å². The van der Waals surface area contributed by atoms with E-state index in [2.05, 4.69) is 21.5 Å². The second kappa shape index (κ2) is 3.93. The fourth-order valence-electron chi connectivity index (χ4n) is 2.21. The van der Waals surface area contributed by atoms with Gasteiger partial charge in [-0.2, -0.15) is 9.97 Å². The Labute approximate surface area is 108 Å². The first-order valence-corrected chi connectivity index (χ1v) is 5.93. The van der Waals surface area contributed by atoms with Crippen molar-refractivity contribution in [1.29, 1.82) is 0 Å². The molecule has 0 radical (unpaired) electrons. The van der Waals surface area contributed by atoms with Gasteiger partial charge in [-0.25, -0.2) is 4.98 Å². The maximum atomic E-state index is 9.12. The highest BCUT2D eigenvalue weighted by Gasteiger charge is 2.41. The summed E-state index contributed by atoms with van der Waals surface area (Å²) in [5, 5.41) is 9.38. The van der Waals surface area contributed by atoms with Crippen molar-refractivity contribution >= 4 is 28.7 Å². The lowest BCUT2D eigenvalue weighted by atomic mass is 10.3. The highest BCUT2D eigenvalue weighted by Crippen LogP contribution is 2.45. The van der Waals surface area contributed by atoms with E-state index in [0.717, 1.165) is 5.57 Å². The van der Waals surface area contributed by atoms with Crippen LogP contribution < -0.4 is 5.73 Å². The van der Waals surface area contributed by atoms with Gasteiger partial charge in [0.1, 0.15) is 5.52 Å². The molecule has 2 heterocycles. The minimum atomic E-state index is 0.127. The molecular weight excluding hydrogens is 254 g/mol. The molecule has 0 amide bonds. The minimum Gasteiger partial charge on any atom is -0.396 e. The predicted octanol–water partition coefficient (Wildman–Crippen LogP) is 0.856. The average Bonchev–Trinajstić information content (AvgIpc) is 2.75. The number of halogens is 1. The van der Waals surface area contributed by atoms with Crippen LogP contribution >= 0.6 is 11.6 Å². The van der Waals surface area contributed by atoms with Crippen molar-refractivity contribution in [2.24, 2.45) is 11.8 Å². The summed E-state index contributed by atoms with van der Waals surface area (Å²) in [5.41, 5.74) is 7.79. The van der Waals surface area contributed by atoms with Crippen LogP contribution in [0.4, 0.5) is 5.95 Å². The summed E-state index contributed by atoms with van der Waals surface area (Å²) >= 11 is 5.95. The van der Waals surface area contributed by atoms with Gasteiger partial charge >= 0.3 is 0 Å². The minimum absolute atomic E-state index is 0.127. The Morgan fingerprint density at radius 2 is 2.22 bits per heavy atom. The first kappa shape index (κ1) is 11.4. The number of aliphatic hydroxyl groups excluding tert-OH is 1. The number of aromatic nitrogens is 4. The van der Waals surface area contributed by atoms with Gasteiger partial charge in [0.15, 0.2) is 10.8 Å². The van der Waals surface area contributed by atoms with Crippen molar-refractivity contribution < 1.29 is 5.11 Å². The number of nitrogens with zero attached hydrogens (tertiary/aromatic N) is 4. The van der Waals surface area contributed by atoms with Gasteiger partial charge in [0.25, 0.3) is 0 Å². The Kier molecular flexibility index (Phi) is 2.49. The van der Waals surface area contributed by atoms with Gasteiger partial charge in [-0.3, -0.25) is 0 Å². The first-order valence-electron chi connectivity index (χ1n) is 5.55. The van der Waals surface area contributed by atoms with E-state index >= 15 is 0 Å². The normalized spacial score (nSPS) is 22.7. The molecule has 0 unspecified atom stereocenters. The molecule has 0 saturated heterocycles. The summed E-state index contributed by atoms with van der Waals surface area (Å²) in [5.74, 6) is 0.571. The average molecular weight is 266 g/mol. The Bertz CT molecular complexity index is 638. The first-order chi connectivity index (χ1) is 8.61. The van der Waals surface area contributed by atoms with E-state index < -0.39 is 0 Å². The van der Waals surface area contributed by atoms with Crippen LogP contribution in [0.2, 0.25) is 5.15 Å². The summed E-state index contributed by atoms with van der Waals surface area (Å²) in [6.45, 7) is 4.73. The molecule has 7 heteroatoms. The van der Waals surface area contributed by atoms with Crippen LogP contribution in [0.15, 0.2) is 18.5 Å². The van der Waals surface area contributed by atoms with Gasteiger partial charge in [0.2, 0.25) is 5.95 Å². The van der Waals surface area contributed by atoms with Gasteiger partial charge < -0.3 is 15.4 Å². The Hall–Kier alpha value is -1.66. The highest BCUT2D eigenvalue weighted by molar-refractivity contribution is 6.33. The number of nitrogens with two attached hydrogens (primary N) is 1. The highest BCUT2D eigenvalue weighted by atomic mass is 35.5. The summed E-state index contributed by atoms with van der Waals surface area (Å²) in [6.07, 6.45) is 1.66. The largest absolute Gasteiger partial charge is 0.396 e. The van der Waals surface area contributed by atoms with Gasteiger partial charge in [0.05, 0.1) is 12.9 Å². The zero-order valence-corrected chi connectivity index (χ0v) is 10.3. The number of hydrogen-bond donors (Lipinski definition) is 2. The number of nitrogen functional groups attached to an aromatic ring is 1. The number of anilines is 1. The molecule has 1 fully saturated rings. The van der Waals surface area contributed by atoms with Crippen LogP contribution in [0.3, 0.4) is 0 Å². The van der Waals surface area contributed by atoms with Crippen LogP contribution in [0.25, 0.3) is 11.2 Å². The number of rotatable bonds is 3. The van der Waals surface area contributed by atoms with Crippen molar-refractivity contribution in [2.75, 3.05) is 12.3 Å². The van der Waals surface area contributed by atoms with Crippen LogP contribution in [0, 0.1) is 11.8 Å². The molecule has 0 aliphatic heterocycles. The number of hydrogen-bond acceptors (Lipinski definition) is 5. The van der Waals surface area contributed by atoms with Crippen molar-refractivity contribution in [3.05, 3.63) is 23.6 Å². The number of imidazole rings is 1. The van der Waals surface area contributed by atoms with Crippen LogP contribution in [0.1, 0.15) is 0 Å². The monoisotopic (exact) mass is 265 g/mol. The smallest absolute Gasteiger partial charge is 0.223 e. The summed E-state index contributed by atoms with van der Waals surface area (Å²) in [6, 6.07) is 0. The molecular formula is C11H12ClN5O. The molecule has 1 aliphatic carbocycles. The molecule has 3 N–H and O–H groups in total. The molecule has 2 aromatic rings. The standard InChI is InChI=1S/C11H12ClN5O/c1-5-6(7(5)3-18)2-17-4-14-8-9(12)15-11(13)16-10(8)17/h4,6-7,18H,1-3H2,(H2,13,15,16)/t6-,7-/m0/s1. The zero-order chi connectivity index (χ0) is 12.9. The number of fused-ring (bicyclic) bond motifs is 1. The third-order valence-electron chi connectivity index (χ3n) is 3.36. The molecule has 6 nitrogen and oxygen atoms in total. The fourth-order valence-corrected chi connectivity index (χ4v) is 2.43. The van der Waals surface area contributed by atoms with Crippen molar-refractivity contribution in [3.8, 4) is 0 Å². The second-order valence-electron chi connectivity index (χ2n) is 4.41. The molecule has 1 saturated carbocycles. The number of aliphatic hydroxyl groups is 1. The van der Waals surface area contributed by atoms with E-state index in [0.29, 0.717) is 17.7 Å².